The molecule has 0 aliphatic heterocycles. The lowest BCUT2D eigenvalue weighted by atomic mass is 9.90. The fourth-order valence-corrected chi connectivity index (χ4v) is 2.07. The Hall–Kier alpha value is -0.520. The van der Waals surface area contributed by atoms with Crippen LogP contribution < -0.4 is 10.1 Å². The number of rotatable bonds is 9. The van der Waals surface area contributed by atoms with Gasteiger partial charge in [0.15, 0.2) is 0 Å². The van der Waals surface area contributed by atoms with E-state index in [9.17, 15) is 5.11 Å². The van der Waals surface area contributed by atoms with Crippen LogP contribution in [-0.2, 0) is 0 Å². The molecule has 3 N–H and O–H groups in total. The number of hydrogen-bond acceptors (Lipinski definition) is 4. The quantitative estimate of drug-likeness (QED) is 0.649. The summed E-state index contributed by atoms with van der Waals surface area (Å²) in [5.41, 5.74) is -0.000961. The zero-order valence-electron chi connectivity index (χ0n) is 12.4. The van der Waals surface area contributed by atoms with Crippen LogP contribution in [0.15, 0.2) is 18.2 Å². The molecule has 6 heteroatoms. The van der Waals surface area contributed by atoms with Crippen LogP contribution in [0.25, 0.3) is 0 Å². The second-order valence-corrected chi connectivity index (χ2v) is 6.62. The Bertz CT molecular complexity index is 441. The van der Waals surface area contributed by atoms with Gasteiger partial charge in [0.2, 0.25) is 0 Å². The average Bonchev–Trinajstić information content (AvgIpc) is 2.40. The summed E-state index contributed by atoms with van der Waals surface area (Å²) < 4.78 is 5.46. The SMILES string of the molecule is CC(C)(CCO)CNCC(O)COc1ccc(Cl)c(Cl)c1. The first-order valence-electron chi connectivity index (χ1n) is 6.91. The van der Waals surface area contributed by atoms with Crippen LogP contribution in [0.2, 0.25) is 10.0 Å². The van der Waals surface area contributed by atoms with Gasteiger partial charge in [0.1, 0.15) is 18.5 Å². The molecule has 0 saturated heterocycles. The second kappa shape index (κ2) is 8.81. The standard InChI is InChI=1S/C15H23Cl2NO3/c1-15(2,5-6-19)10-18-8-11(20)9-21-12-3-4-13(16)14(17)7-12/h3-4,7,11,18-20H,5-6,8-10H2,1-2H3. The zero-order chi connectivity index (χ0) is 15.9. The highest BCUT2D eigenvalue weighted by molar-refractivity contribution is 6.42. The predicted octanol–water partition coefficient (Wildman–Crippen LogP) is 2.73. The molecule has 1 rings (SSSR count). The van der Waals surface area contributed by atoms with E-state index >= 15 is 0 Å². The minimum absolute atomic E-state index is 0.000961. The van der Waals surface area contributed by atoms with Crippen LogP contribution in [0.1, 0.15) is 20.3 Å². The maximum absolute atomic E-state index is 9.87. The highest BCUT2D eigenvalue weighted by atomic mass is 35.5. The Labute approximate surface area is 136 Å². The molecule has 0 heterocycles. The van der Waals surface area contributed by atoms with E-state index in [1.807, 2.05) is 0 Å². The third-order valence-corrected chi connectivity index (χ3v) is 3.84. The summed E-state index contributed by atoms with van der Waals surface area (Å²) in [6.07, 6.45) is 0.0972. The van der Waals surface area contributed by atoms with Gasteiger partial charge >= 0.3 is 0 Å². The highest BCUT2D eigenvalue weighted by Crippen LogP contribution is 2.26. The zero-order valence-corrected chi connectivity index (χ0v) is 13.9. The molecule has 0 radical (unpaired) electrons. The van der Waals surface area contributed by atoms with E-state index in [-0.39, 0.29) is 18.6 Å². The lowest BCUT2D eigenvalue weighted by molar-refractivity contribution is 0.102. The molecule has 1 aromatic carbocycles. The molecular weight excluding hydrogens is 313 g/mol. The van der Waals surface area contributed by atoms with Crippen molar-refractivity contribution in [3.05, 3.63) is 28.2 Å². The van der Waals surface area contributed by atoms with E-state index in [4.69, 9.17) is 33.0 Å². The normalized spacial score (nSPS) is 13.2. The van der Waals surface area contributed by atoms with Crippen LogP contribution in [0, 0.1) is 5.41 Å². The van der Waals surface area contributed by atoms with Crippen molar-refractivity contribution in [1.29, 1.82) is 0 Å². The molecule has 0 aromatic heterocycles. The maximum Gasteiger partial charge on any atom is 0.121 e. The molecule has 0 aliphatic carbocycles. The van der Waals surface area contributed by atoms with E-state index in [0.717, 1.165) is 13.0 Å². The summed E-state index contributed by atoms with van der Waals surface area (Å²) >= 11 is 11.7. The molecule has 1 unspecified atom stereocenters. The molecule has 0 fully saturated rings. The molecule has 21 heavy (non-hydrogen) atoms. The second-order valence-electron chi connectivity index (χ2n) is 5.81. The largest absolute Gasteiger partial charge is 0.491 e. The summed E-state index contributed by atoms with van der Waals surface area (Å²) in [5.74, 6) is 0.573. The van der Waals surface area contributed by atoms with Gasteiger partial charge in [0.25, 0.3) is 0 Å². The van der Waals surface area contributed by atoms with Gasteiger partial charge in [0.05, 0.1) is 10.0 Å². The number of aliphatic hydroxyl groups is 2. The van der Waals surface area contributed by atoms with Gasteiger partial charge < -0.3 is 20.3 Å². The Morgan fingerprint density at radius 3 is 2.62 bits per heavy atom. The first kappa shape index (κ1) is 18.5. The van der Waals surface area contributed by atoms with Crippen molar-refractivity contribution in [2.45, 2.75) is 26.4 Å². The van der Waals surface area contributed by atoms with Crippen molar-refractivity contribution >= 4 is 23.2 Å². The summed E-state index contributed by atoms with van der Waals surface area (Å²) in [4.78, 5) is 0. The smallest absolute Gasteiger partial charge is 0.121 e. The van der Waals surface area contributed by atoms with Gasteiger partial charge in [-0.25, -0.2) is 0 Å². The van der Waals surface area contributed by atoms with Gasteiger partial charge in [-0.15, -0.1) is 0 Å². The van der Waals surface area contributed by atoms with Gasteiger partial charge in [-0.3, -0.25) is 0 Å². The van der Waals surface area contributed by atoms with E-state index in [0.29, 0.717) is 22.3 Å². The van der Waals surface area contributed by atoms with Crippen LogP contribution in [0.5, 0.6) is 5.75 Å². The molecule has 4 nitrogen and oxygen atoms in total. The lowest BCUT2D eigenvalue weighted by Gasteiger charge is -2.24. The number of nitrogens with one attached hydrogen (secondary N) is 1. The molecule has 1 atom stereocenters. The van der Waals surface area contributed by atoms with Gasteiger partial charge in [0, 0.05) is 25.8 Å². The van der Waals surface area contributed by atoms with Crippen molar-refractivity contribution in [1.82, 2.24) is 5.32 Å². The first-order valence-corrected chi connectivity index (χ1v) is 7.67. The van der Waals surface area contributed by atoms with E-state index in [2.05, 4.69) is 19.2 Å². The topological polar surface area (TPSA) is 61.7 Å². The van der Waals surface area contributed by atoms with E-state index in [1.165, 1.54) is 0 Å². The van der Waals surface area contributed by atoms with Crippen molar-refractivity contribution in [2.75, 3.05) is 26.3 Å². The van der Waals surface area contributed by atoms with Gasteiger partial charge in [-0.05, 0) is 24.0 Å². The van der Waals surface area contributed by atoms with Crippen molar-refractivity contribution < 1.29 is 14.9 Å². The minimum Gasteiger partial charge on any atom is -0.491 e. The third kappa shape index (κ3) is 7.34. The summed E-state index contributed by atoms with van der Waals surface area (Å²) in [5, 5.41) is 22.9. The molecule has 0 saturated carbocycles. The minimum atomic E-state index is -0.621. The number of aliphatic hydroxyl groups excluding tert-OH is 2. The molecular formula is C15H23Cl2NO3. The Morgan fingerprint density at radius 1 is 1.29 bits per heavy atom. The predicted molar refractivity (Wildman–Crippen MR) is 86.3 cm³/mol. The Kier molecular flexibility index (Phi) is 7.77. The fourth-order valence-electron chi connectivity index (χ4n) is 1.79. The molecule has 0 spiro atoms. The van der Waals surface area contributed by atoms with Crippen molar-refractivity contribution in [3.8, 4) is 5.75 Å². The van der Waals surface area contributed by atoms with Crippen LogP contribution >= 0.6 is 23.2 Å². The lowest BCUT2D eigenvalue weighted by Crippen LogP contribution is -2.37. The molecule has 0 bridgehead atoms. The first-order chi connectivity index (χ1) is 9.84. The van der Waals surface area contributed by atoms with Crippen LogP contribution in [0.3, 0.4) is 0 Å². The van der Waals surface area contributed by atoms with E-state index < -0.39 is 6.10 Å². The monoisotopic (exact) mass is 335 g/mol. The van der Waals surface area contributed by atoms with Crippen molar-refractivity contribution in [3.63, 3.8) is 0 Å². The van der Waals surface area contributed by atoms with Gasteiger partial charge in [-0.1, -0.05) is 37.0 Å². The average molecular weight is 336 g/mol. The summed E-state index contributed by atoms with van der Waals surface area (Å²) in [6.45, 7) is 5.61. The molecule has 0 aliphatic rings. The maximum atomic E-state index is 9.87. The molecule has 1 aromatic rings. The highest BCUT2D eigenvalue weighted by Gasteiger charge is 2.17. The van der Waals surface area contributed by atoms with Crippen LogP contribution in [-0.4, -0.2) is 42.6 Å². The number of hydrogen-bond donors (Lipinski definition) is 3. The number of ether oxygens (including phenoxy) is 1. The fraction of sp³-hybridized carbons (Fsp3) is 0.600. The van der Waals surface area contributed by atoms with E-state index in [1.54, 1.807) is 18.2 Å². The molecule has 0 amide bonds. The number of benzene rings is 1. The van der Waals surface area contributed by atoms with Gasteiger partial charge in [-0.2, -0.15) is 0 Å². The Balaban J connectivity index is 2.27. The number of halogens is 2. The summed E-state index contributed by atoms with van der Waals surface area (Å²) in [7, 11) is 0. The summed E-state index contributed by atoms with van der Waals surface area (Å²) in [6, 6.07) is 4.98. The molecule has 120 valence electrons. The third-order valence-electron chi connectivity index (χ3n) is 3.11. The van der Waals surface area contributed by atoms with Crippen LogP contribution in [0.4, 0.5) is 0 Å². The van der Waals surface area contributed by atoms with Crippen molar-refractivity contribution in [2.24, 2.45) is 5.41 Å². The Morgan fingerprint density at radius 2 is 2.00 bits per heavy atom.